The lowest BCUT2D eigenvalue weighted by Crippen LogP contribution is -2.25. The van der Waals surface area contributed by atoms with Crippen molar-refractivity contribution in [3.05, 3.63) is 34.9 Å². The second-order valence-corrected chi connectivity index (χ2v) is 6.11. The topological polar surface area (TPSA) is 12.0 Å². The van der Waals surface area contributed by atoms with Crippen LogP contribution in [-0.2, 0) is 6.42 Å². The molecular formula is C17H29N. The van der Waals surface area contributed by atoms with E-state index in [9.17, 15) is 0 Å². The summed E-state index contributed by atoms with van der Waals surface area (Å²) in [5.74, 6) is 1.50. The Morgan fingerprint density at radius 2 is 1.72 bits per heavy atom. The lowest BCUT2D eigenvalue weighted by Gasteiger charge is -2.14. The number of nitrogens with one attached hydrogen (secondary N) is 1. The van der Waals surface area contributed by atoms with Crippen molar-refractivity contribution < 1.29 is 0 Å². The van der Waals surface area contributed by atoms with Crippen LogP contribution in [0.3, 0.4) is 0 Å². The zero-order chi connectivity index (χ0) is 13.5. The summed E-state index contributed by atoms with van der Waals surface area (Å²) in [4.78, 5) is 0. The Balaban J connectivity index is 2.29. The van der Waals surface area contributed by atoms with E-state index in [4.69, 9.17) is 0 Å². The van der Waals surface area contributed by atoms with Crippen LogP contribution in [0.1, 0.15) is 43.9 Å². The second kappa shape index (κ2) is 7.58. The quantitative estimate of drug-likeness (QED) is 0.764. The standard InChI is InChI=1S/C17H29N/c1-13(2)11-18-12-14(3)6-8-17-9-7-15(4)16(5)10-17/h7,9-10,13-14,18H,6,8,11-12H2,1-5H3. The maximum absolute atomic E-state index is 3.54. The van der Waals surface area contributed by atoms with Crippen LogP contribution in [0.4, 0.5) is 0 Å². The molecule has 0 spiro atoms. The number of hydrogen-bond donors (Lipinski definition) is 1. The van der Waals surface area contributed by atoms with Crippen LogP contribution in [0.5, 0.6) is 0 Å². The van der Waals surface area contributed by atoms with Gasteiger partial charge in [-0.2, -0.15) is 0 Å². The summed E-state index contributed by atoms with van der Waals surface area (Å²) in [7, 11) is 0. The van der Waals surface area contributed by atoms with E-state index in [1.54, 1.807) is 0 Å². The fraction of sp³-hybridized carbons (Fsp3) is 0.647. The second-order valence-electron chi connectivity index (χ2n) is 6.11. The van der Waals surface area contributed by atoms with Gasteiger partial charge < -0.3 is 5.32 Å². The van der Waals surface area contributed by atoms with E-state index in [0.29, 0.717) is 0 Å². The summed E-state index contributed by atoms with van der Waals surface area (Å²) in [6.07, 6.45) is 2.47. The molecule has 0 aromatic heterocycles. The van der Waals surface area contributed by atoms with E-state index >= 15 is 0 Å². The maximum Gasteiger partial charge on any atom is -0.00229 e. The number of hydrogen-bond acceptors (Lipinski definition) is 1. The summed E-state index contributed by atoms with van der Waals surface area (Å²) in [5, 5.41) is 3.54. The number of rotatable bonds is 7. The average Bonchev–Trinajstić information content (AvgIpc) is 2.30. The SMILES string of the molecule is Cc1ccc(CCC(C)CNCC(C)C)cc1C. The first-order chi connectivity index (χ1) is 8.49. The molecule has 1 heteroatoms. The number of aryl methyl sites for hydroxylation is 3. The Morgan fingerprint density at radius 3 is 2.33 bits per heavy atom. The molecule has 102 valence electrons. The predicted octanol–water partition coefficient (Wildman–Crippen LogP) is 4.12. The molecule has 0 aliphatic carbocycles. The van der Waals surface area contributed by atoms with Crippen molar-refractivity contribution in [2.24, 2.45) is 11.8 Å². The summed E-state index contributed by atoms with van der Waals surface area (Å²) in [5.41, 5.74) is 4.29. The van der Waals surface area contributed by atoms with Gasteiger partial charge in [-0.25, -0.2) is 0 Å². The Morgan fingerprint density at radius 1 is 1.00 bits per heavy atom. The first-order valence-electron chi connectivity index (χ1n) is 7.26. The molecule has 0 saturated carbocycles. The molecule has 1 aromatic rings. The van der Waals surface area contributed by atoms with Crippen LogP contribution in [0, 0.1) is 25.7 Å². The van der Waals surface area contributed by atoms with Crippen molar-refractivity contribution in [1.29, 1.82) is 0 Å². The zero-order valence-electron chi connectivity index (χ0n) is 12.7. The minimum Gasteiger partial charge on any atom is -0.316 e. The molecule has 0 amide bonds. The molecule has 0 heterocycles. The van der Waals surface area contributed by atoms with Gasteiger partial charge in [-0.15, -0.1) is 0 Å². The van der Waals surface area contributed by atoms with Gasteiger partial charge in [-0.3, -0.25) is 0 Å². The third kappa shape index (κ3) is 5.68. The Kier molecular flexibility index (Phi) is 6.42. The van der Waals surface area contributed by atoms with Crippen LogP contribution in [0.2, 0.25) is 0 Å². The van der Waals surface area contributed by atoms with Gasteiger partial charge in [-0.05, 0) is 68.3 Å². The van der Waals surface area contributed by atoms with E-state index in [1.807, 2.05) is 0 Å². The molecular weight excluding hydrogens is 218 g/mol. The molecule has 1 aromatic carbocycles. The van der Waals surface area contributed by atoms with E-state index < -0.39 is 0 Å². The Labute approximate surface area is 113 Å². The molecule has 0 radical (unpaired) electrons. The highest BCUT2D eigenvalue weighted by Crippen LogP contribution is 2.13. The highest BCUT2D eigenvalue weighted by Gasteiger charge is 2.04. The van der Waals surface area contributed by atoms with E-state index in [0.717, 1.165) is 24.9 Å². The maximum atomic E-state index is 3.54. The molecule has 1 rings (SSSR count). The Hall–Kier alpha value is -0.820. The molecule has 1 unspecified atom stereocenters. The fourth-order valence-electron chi connectivity index (χ4n) is 2.09. The normalized spacial score (nSPS) is 13.0. The summed E-state index contributed by atoms with van der Waals surface area (Å²) in [6.45, 7) is 13.5. The highest BCUT2D eigenvalue weighted by molar-refractivity contribution is 5.29. The van der Waals surface area contributed by atoms with Crippen molar-refractivity contribution >= 4 is 0 Å². The van der Waals surface area contributed by atoms with Gasteiger partial charge in [0, 0.05) is 0 Å². The first kappa shape index (κ1) is 15.2. The summed E-state index contributed by atoms with van der Waals surface area (Å²) in [6, 6.07) is 6.85. The predicted molar refractivity (Wildman–Crippen MR) is 81.1 cm³/mol. The molecule has 18 heavy (non-hydrogen) atoms. The van der Waals surface area contributed by atoms with Crippen molar-refractivity contribution in [2.45, 2.75) is 47.5 Å². The monoisotopic (exact) mass is 247 g/mol. The van der Waals surface area contributed by atoms with Gasteiger partial charge in [0.15, 0.2) is 0 Å². The van der Waals surface area contributed by atoms with Crippen molar-refractivity contribution in [2.75, 3.05) is 13.1 Å². The van der Waals surface area contributed by atoms with Crippen LogP contribution in [0.15, 0.2) is 18.2 Å². The summed E-state index contributed by atoms with van der Waals surface area (Å²) >= 11 is 0. The van der Waals surface area contributed by atoms with E-state index in [1.165, 1.54) is 29.5 Å². The molecule has 0 aliphatic rings. The Bertz CT molecular complexity index is 355. The van der Waals surface area contributed by atoms with Crippen LogP contribution in [-0.4, -0.2) is 13.1 Å². The smallest absolute Gasteiger partial charge is 0.00229 e. The highest BCUT2D eigenvalue weighted by atomic mass is 14.9. The zero-order valence-corrected chi connectivity index (χ0v) is 12.7. The third-order valence-corrected chi connectivity index (χ3v) is 3.54. The van der Waals surface area contributed by atoms with Crippen molar-refractivity contribution in [3.8, 4) is 0 Å². The lowest BCUT2D eigenvalue weighted by molar-refractivity contribution is 0.454. The molecule has 0 saturated heterocycles. The molecule has 0 fully saturated rings. The van der Waals surface area contributed by atoms with Gasteiger partial charge in [0.2, 0.25) is 0 Å². The molecule has 0 aliphatic heterocycles. The van der Waals surface area contributed by atoms with Crippen molar-refractivity contribution in [1.82, 2.24) is 5.32 Å². The first-order valence-corrected chi connectivity index (χ1v) is 7.26. The molecule has 0 bridgehead atoms. The largest absolute Gasteiger partial charge is 0.316 e. The van der Waals surface area contributed by atoms with E-state index in [2.05, 4.69) is 58.1 Å². The molecule has 1 N–H and O–H groups in total. The van der Waals surface area contributed by atoms with Crippen LogP contribution < -0.4 is 5.32 Å². The van der Waals surface area contributed by atoms with Crippen LogP contribution >= 0.6 is 0 Å². The van der Waals surface area contributed by atoms with Gasteiger partial charge in [0.1, 0.15) is 0 Å². The van der Waals surface area contributed by atoms with Gasteiger partial charge in [-0.1, -0.05) is 39.0 Å². The lowest BCUT2D eigenvalue weighted by atomic mass is 9.98. The van der Waals surface area contributed by atoms with Crippen molar-refractivity contribution in [3.63, 3.8) is 0 Å². The minimum atomic E-state index is 0.747. The van der Waals surface area contributed by atoms with E-state index in [-0.39, 0.29) is 0 Å². The third-order valence-electron chi connectivity index (χ3n) is 3.54. The minimum absolute atomic E-state index is 0.747. The number of benzene rings is 1. The van der Waals surface area contributed by atoms with Gasteiger partial charge >= 0.3 is 0 Å². The summed E-state index contributed by atoms with van der Waals surface area (Å²) < 4.78 is 0. The average molecular weight is 247 g/mol. The molecule has 1 nitrogen and oxygen atoms in total. The van der Waals surface area contributed by atoms with Crippen LogP contribution in [0.25, 0.3) is 0 Å². The van der Waals surface area contributed by atoms with Gasteiger partial charge in [0.25, 0.3) is 0 Å². The van der Waals surface area contributed by atoms with Gasteiger partial charge in [0.05, 0.1) is 0 Å². The fourth-order valence-corrected chi connectivity index (χ4v) is 2.09. The molecule has 1 atom stereocenters.